The van der Waals surface area contributed by atoms with E-state index < -0.39 is 0 Å². The smallest absolute Gasteiger partial charge is 0.238 e. The van der Waals surface area contributed by atoms with E-state index in [0.717, 1.165) is 82.9 Å². The molecule has 0 unspecified atom stereocenters. The summed E-state index contributed by atoms with van der Waals surface area (Å²) in [5, 5.41) is 5.70. The summed E-state index contributed by atoms with van der Waals surface area (Å²) in [6, 6.07) is 78.5. The number of aromatic nitrogens is 7. The minimum Gasteiger partial charge on any atom is -0.306 e. The van der Waals surface area contributed by atoms with Crippen molar-refractivity contribution >= 4 is 75.3 Å². The highest BCUT2D eigenvalue weighted by Crippen LogP contribution is 2.43. The fraction of sp³-hybridized carbons (Fsp3) is 0. The van der Waals surface area contributed by atoms with Crippen LogP contribution in [0.1, 0.15) is 0 Å². The number of para-hydroxylation sites is 2. The number of hydrogen-bond acceptors (Lipinski definition) is 6. The highest BCUT2D eigenvalue weighted by Gasteiger charge is 2.24. The molecule has 0 aliphatic heterocycles. The molecule has 7 nitrogen and oxygen atoms in total. The molecule has 14 aromatic rings. The first-order chi connectivity index (χ1) is 34.2. The number of rotatable bonds is 7. The molecular weight excluding hydrogens is 863 g/mol. The summed E-state index contributed by atoms with van der Waals surface area (Å²) in [6.07, 6.45) is 0. The first-order valence-corrected chi connectivity index (χ1v) is 23.8. The van der Waals surface area contributed by atoms with Crippen LogP contribution < -0.4 is 0 Å². The number of benzene rings is 9. The van der Waals surface area contributed by atoms with Gasteiger partial charge in [0.25, 0.3) is 0 Å². The first-order valence-electron chi connectivity index (χ1n) is 23.0. The maximum absolute atomic E-state index is 5.51. The molecule has 5 heterocycles. The largest absolute Gasteiger partial charge is 0.306 e. The average Bonchev–Trinajstić information content (AvgIpc) is 4.09. The third kappa shape index (κ3) is 6.38. The zero-order valence-electron chi connectivity index (χ0n) is 36.9. The van der Waals surface area contributed by atoms with Crippen molar-refractivity contribution in [3.05, 3.63) is 224 Å². The van der Waals surface area contributed by atoms with Crippen molar-refractivity contribution < 1.29 is 0 Å². The molecule has 0 fully saturated rings. The van der Waals surface area contributed by atoms with Crippen molar-refractivity contribution in [2.24, 2.45) is 0 Å². The summed E-state index contributed by atoms with van der Waals surface area (Å²) < 4.78 is 7.03. The molecular formula is C61H37N7S. The molecule has 14 rings (SSSR count). The molecule has 322 valence electrons. The molecule has 0 amide bonds. The Balaban J connectivity index is 1.05. The van der Waals surface area contributed by atoms with Crippen LogP contribution >= 0.6 is 11.3 Å². The maximum atomic E-state index is 5.51. The van der Waals surface area contributed by atoms with Gasteiger partial charge in [-0.15, -0.1) is 11.3 Å². The Morgan fingerprint density at radius 3 is 1.57 bits per heavy atom. The zero-order chi connectivity index (χ0) is 45.4. The van der Waals surface area contributed by atoms with E-state index in [1.165, 1.54) is 25.7 Å². The minimum atomic E-state index is 0.535. The fourth-order valence-corrected chi connectivity index (χ4v) is 11.3. The van der Waals surface area contributed by atoms with E-state index >= 15 is 0 Å². The summed E-state index contributed by atoms with van der Waals surface area (Å²) in [7, 11) is 0. The quantitative estimate of drug-likeness (QED) is 0.159. The van der Waals surface area contributed by atoms with Crippen LogP contribution in [0.15, 0.2) is 224 Å². The van der Waals surface area contributed by atoms with Gasteiger partial charge >= 0.3 is 0 Å². The van der Waals surface area contributed by atoms with E-state index in [0.29, 0.717) is 23.4 Å². The van der Waals surface area contributed by atoms with Crippen LogP contribution in [0, 0.1) is 0 Å². The fourth-order valence-electron chi connectivity index (χ4n) is 10.0. The van der Waals surface area contributed by atoms with Crippen LogP contribution in [-0.4, -0.2) is 34.1 Å². The van der Waals surface area contributed by atoms with Crippen LogP contribution in [-0.2, 0) is 0 Å². The Kier molecular flexibility index (Phi) is 8.93. The molecule has 0 radical (unpaired) electrons. The molecule has 0 saturated heterocycles. The molecule has 0 spiro atoms. The Bertz CT molecular complexity index is 4240. The van der Waals surface area contributed by atoms with Gasteiger partial charge in [-0.05, 0) is 65.7 Å². The van der Waals surface area contributed by atoms with Gasteiger partial charge in [0.2, 0.25) is 5.95 Å². The molecule has 0 aliphatic rings. The highest BCUT2D eigenvalue weighted by molar-refractivity contribution is 7.26. The molecule has 0 bridgehead atoms. The van der Waals surface area contributed by atoms with Gasteiger partial charge in [0.15, 0.2) is 17.5 Å². The SMILES string of the molecule is c1ccc(-c2nc(-c3ccccc3)nc(-n3c4ccc(-c5nc(-c6ccccc6)c6c(n5)c5ccccc5n6-c5ccccc5)cc4c4cc(-c5cccc6c5sc5ccccc56)ccc43)n2)cc1. The lowest BCUT2D eigenvalue weighted by molar-refractivity contribution is 0.953. The predicted molar refractivity (Wildman–Crippen MR) is 284 cm³/mol. The first kappa shape index (κ1) is 39.1. The third-order valence-electron chi connectivity index (χ3n) is 13.2. The summed E-state index contributed by atoms with van der Waals surface area (Å²) in [5.41, 5.74) is 12.9. The van der Waals surface area contributed by atoms with Crippen molar-refractivity contribution in [3.8, 4) is 68.2 Å². The standard InChI is InChI=1S/C61H37N7S/c1-5-18-38(19-6-1)54-56-55(47-27-13-15-30-50(47)67(56)43-24-11-4-12-25-43)63-60(62-54)42-33-35-52-49(37-42)48-36-41(44-28-17-29-46-45-26-14-16-31-53(45)69-57(44)46)32-34-51(48)68(52)61-65-58(39-20-7-2-8-21-39)64-59(66-61)40-22-9-3-10-23-40/h1-37H. The van der Waals surface area contributed by atoms with Crippen LogP contribution in [0.3, 0.4) is 0 Å². The summed E-state index contributed by atoms with van der Waals surface area (Å²) in [5.74, 6) is 2.38. The van der Waals surface area contributed by atoms with Gasteiger partial charge in [-0.3, -0.25) is 4.57 Å². The summed E-state index contributed by atoms with van der Waals surface area (Å²) in [4.78, 5) is 26.6. The van der Waals surface area contributed by atoms with Gasteiger partial charge in [-0.25, -0.2) is 15.0 Å². The van der Waals surface area contributed by atoms with Gasteiger partial charge in [-0.1, -0.05) is 170 Å². The second-order valence-corrected chi connectivity index (χ2v) is 18.3. The lowest BCUT2D eigenvalue weighted by Gasteiger charge is -2.12. The molecule has 9 aromatic carbocycles. The van der Waals surface area contributed by atoms with E-state index in [1.54, 1.807) is 0 Å². The summed E-state index contributed by atoms with van der Waals surface area (Å²) >= 11 is 1.84. The van der Waals surface area contributed by atoms with E-state index in [1.807, 2.05) is 78.1 Å². The van der Waals surface area contributed by atoms with Crippen molar-refractivity contribution in [2.75, 3.05) is 0 Å². The minimum absolute atomic E-state index is 0.535. The van der Waals surface area contributed by atoms with Crippen molar-refractivity contribution in [1.82, 2.24) is 34.1 Å². The number of fused-ring (bicyclic) bond motifs is 9. The predicted octanol–water partition coefficient (Wildman–Crippen LogP) is 15.6. The normalized spacial score (nSPS) is 11.8. The van der Waals surface area contributed by atoms with E-state index in [2.05, 4.69) is 167 Å². The second-order valence-electron chi connectivity index (χ2n) is 17.2. The molecule has 0 aliphatic carbocycles. The molecule has 69 heavy (non-hydrogen) atoms. The van der Waals surface area contributed by atoms with Crippen molar-refractivity contribution in [3.63, 3.8) is 0 Å². The van der Waals surface area contributed by atoms with Gasteiger partial charge in [-0.2, -0.15) is 9.97 Å². The zero-order valence-corrected chi connectivity index (χ0v) is 37.7. The van der Waals surface area contributed by atoms with Gasteiger partial charge in [0.05, 0.1) is 27.8 Å². The van der Waals surface area contributed by atoms with Crippen molar-refractivity contribution in [2.45, 2.75) is 0 Å². The molecule has 0 N–H and O–H groups in total. The number of hydrogen-bond donors (Lipinski definition) is 0. The maximum Gasteiger partial charge on any atom is 0.238 e. The Morgan fingerprint density at radius 2 is 0.870 bits per heavy atom. The van der Waals surface area contributed by atoms with E-state index in [9.17, 15) is 0 Å². The number of nitrogens with zero attached hydrogens (tertiary/aromatic N) is 7. The van der Waals surface area contributed by atoms with Crippen LogP contribution in [0.4, 0.5) is 0 Å². The lowest BCUT2D eigenvalue weighted by atomic mass is 10.00. The van der Waals surface area contributed by atoms with Gasteiger partial charge in [0.1, 0.15) is 5.52 Å². The van der Waals surface area contributed by atoms with Gasteiger partial charge < -0.3 is 4.57 Å². The van der Waals surface area contributed by atoms with Crippen LogP contribution in [0.5, 0.6) is 0 Å². The van der Waals surface area contributed by atoms with E-state index in [4.69, 9.17) is 24.9 Å². The van der Waals surface area contributed by atoms with Crippen molar-refractivity contribution in [1.29, 1.82) is 0 Å². The molecule has 8 heteroatoms. The second kappa shape index (κ2) is 15.8. The topological polar surface area (TPSA) is 74.3 Å². The number of thiophene rings is 1. The molecule has 0 atom stereocenters. The van der Waals surface area contributed by atoms with Crippen LogP contribution in [0.2, 0.25) is 0 Å². The summed E-state index contributed by atoms with van der Waals surface area (Å²) in [6.45, 7) is 0. The highest BCUT2D eigenvalue weighted by atomic mass is 32.1. The Hall–Kier alpha value is -9.11. The monoisotopic (exact) mass is 899 g/mol. The van der Waals surface area contributed by atoms with Gasteiger partial charge in [0, 0.05) is 64.3 Å². The molecule has 0 saturated carbocycles. The van der Waals surface area contributed by atoms with E-state index in [-0.39, 0.29) is 0 Å². The van der Waals surface area contributed by atoms with Crippen LogP contribution in [0.25, 0.3) is 132 Å². The third-order valence-corrected chi connectivity index (χ3v) is 14.4. The Morgan fingerprint density at radius 1 is 0.333 bits per heavy atom. The molecule has 5 aromatic heterocycles. The lowest BCUT2D eigenvalue weighted by Crippen LogP contribution is -2.06. The average molecular weight is 900 g/mol. The Labute approximate surface area is 399 Å².